The highest BCUT2D eigenvalue weighted by Crippen LogP contribution is 2.15. The van der Waals surface area contributed by atoms with E-state index in [0.717, 1.165) is 37.4 Å². The molecular weight excluding hydrogens is 316 g/mol. The number of anilines is 2. The van der Waals surface area contributed by atoms with Crippen LogP contribution < -0.4 is 16.0 Å². The van der Waals surface area contributed by atoms with E-state index in [1.807, 2.05) is 31.3 Å². The van der Waals surface area contributed by atoms with Gasteiger partial charge in [0.15, 0.2) is 0 Å². The smallest absolute Gasteiger partial charge is 0.238 e. The SMILES string of the molecule is CNCCCC(=O)Nc1ccc(NC(=O)CN2CCCCCC2)cc1. The molecule has 0 aliphatic carbocycles. The number of benzene rings is 1. The summed E-state index contributed by atoms with van der Waals surface area (Å²) in [5.74, 6) is 0.0268. The number of hydrogen-bond acceptors (Lipinski definition) is 4. The number of amides is 2. The Morgan fingerprint density at radius 3 is 2.04 bits per heavy atom. The Bertz CT molecular complexity index is 537. The number of likely N-dealkylation sites (tertiary alicyclic amines) is 1. The van der Waals surface area contributed by atoms with Crippen LogP contribution in [0.5, 0.6) is 0 Å². The van der Waals surface area contributed by atoms with Crippen molar-refractivity contribution in [2.75, 3.05) is 43.9 Å². The Morgan fingerprint density at radius 2 is 1.48 bits per heavy atom. The van der Waals surface area contributed by atoms with Gasteiger partial charge in [-0.3, -0.25) is 14.5 Å². The van der Waals surface area contributed by atoms with E-state index in [1.54, 1.807) is 0 Å². The first-order chi connectivity index (χ1) is 12.2. The molecular formula is C19H30N4O2. The number of nitrogens with zero attached hydrogens (tertiary/aromatic N) is 1. The summed E-state index contributed by atoms with van der Waals surface area (Å²) in [5, 5.41) is 8.82. The number of nitrogens with one attached hydrogen (secondary N) is 3. The summed E-state index contributed by atoms with van der Waals surface area (Å²) in [6.45, 7) is 3.29. The van der Waals surface area contributed by atoms with Crippen molar-refractivity contribution in [3.63, 3.8) is 0 Å². The van der Waals surface area contributed by atoms with Crippen LogP contribution in [0.3, 0.4) is 0 Å². The van der Waals surface area contributed by atoms with Crippen LogP contribution in [-0.2, 0) is 9.59 Å². The van der Waals surface area contributed by atoms with E-state index < -0.39 is 0 Å². The number of hydrogen-bond donors (Lipinski definition) is 3. The van der Waals surface area contributed by atoms with Crippen LogP contribution in [0.1, 0.15) is 38.5 Å². The van der Waals surface area contributed by atoms with Crippen LogP contribution in [0.4, 0.5) is 11.4 Å². The zero-order valence-electron chi connectivity index (χ0n) is 15.1. The van der Waals surface area contributed by atoms with Crippen molar-refractivity contribution >= 4 is 23.2 Å². The minimum absolute atomic E-state index is 0.00759. The van der Waals surface area contributed by atoms with Gasteiger partial charge >= 0.3 is 0 Å². The highest BCUT2D eigenvalue weighted by Gasteiger charge is 2.13. The Hall–Kier alpha value is -1.92. The lowest BCUT2D eigenvalue weighted by atomic mass is 10.2. The van der Waals surface area contributed by atoms with Gasteiger partial charge in [0.05, 0.1) is 6.54 Å². The maximum absolute atomic E-state index is 12.2. The predicted octanol–water partition coefficient (Wildman–Crippen LogP) is 2.44. The van der Waals surface area contributed by atoms with Crippen molar-refractivity contribution in [1.29, 1.82) is 0 Å². The van der Waals surface area contributed by atoms with Gasteiger partial charge < -0.3 is 16.0 Å². The third kappa shape index (κ3) is 7.67. The van der Waals surface area contributed by atoms with Crippen molar-refractivity contribution < 1.29 is 9.59 Å². The zero-order valence-corrected chi connectivity index (χ0v) is 15.1. The number of rotatable bonds is 8. The summed E-state index contributed by atoms with van der Waals surface area (Å²) in [5.41, 5.74) is 1.51. The van der Waals surface area contributed by atoms with E-state index in [4.69, 9.17) is 0 Å². The first kappa shape index (κ1) is 19.4. The maximum atomic E-state index is 12.2. The molecule has 1 fully saturated rings. The average molecular weight is 346 g/mol. The van der Waals surface area contributed by atoms with Gasteiger partial charge in [-0.05, 0) is 70.2 Å². The quantitative estimate of drug-likeness (QED) is 0.632. The van der Waals surface area contributed by atoms with Crippen molar-refractivity contribution in [2.24, 2.45) is 0 Å². The van der Waals surface area contributed by atoms with Gasteiger partial charge in [-0.15, -0.1) is 0 Å². The van der Waals surface area contributed by atoms with E-state index in [-0.39, 0.29) is 11.8 Å². The van der Waals surface area contributed by atoms with E-state index in [2.05, 4.69) is 20.9 Å². The molecule has 2 amide bonds. The van der Waals surface area contributed by atoms with Gasteiger partial charge in [0.25, 0.3) is 0 Å². The van der Waals surface area contributed by atoms with Gasteiger partial charge in [0.2, 0.25) is 11.8 Å². The molecule has 25 heavy (non-hydrogen) atoms. The van der Waals surface area contributed by atoms with E-state index in [9.17, 15) is 9.59 Å². The molecule has 1 saturated heterocycles. The minimum Gasteiger partial charge on any atom is -0.326 e. The average Bonchev–Trinajstić information content (AvgIpc) is 2.85. The Labute approximate surface area is 150 Å². The van der Waals surface area contributed by atoms with E-state index in [0.29, 0.717) is 13.0 Å². The molecule has 1 aliphatic heterocycles. The van der Waals surface area contributed by atoms with Gasteiger partial charge in [-0.2, -0.15) is 0 Å². The van der Waals surface area contributed by atoms with Crippen LogP contribution >= 0.6 is 0 Å². The van der Waals surface area contributed by atoms with E-state index >= 15 is 0 Å². The van der Waals surface area contributed by atoms with Crippen LogP contribution in [0.2, 0.25) is 0 Å². The van der Waals surface area contributed by atoms with Gasteiger partial charge in [0.1, 0.15) is 0 Å². The second kappa shape index (κ2) is 10.8. The normalized spacial score (nSPS) is 15.4. The lowest BCUT2D eigenvalue weighted by molar-refractivity contribution is -0.117. The second-order valence-electron chi connectivity index (χ2n) is 6.57. The molecule has 138 valence electrons. The largest absolute Gasteiger partial charge is 0.326 e. The third-order valence-electron chi connectivity index (χ3n) is 4.35. The number of carbonyl (C=O) groups is 2. The van der Waals surface area contributed by atoms with Crippen LogP contribution in [-0.4, -0.2) is 49.9 Å². The molecule has 1 aliphatic rings. The molecule has 0 unspecified atom stereocenters. The Balaban J connectivity index is 1.75. The fraction of sp³-hybridized carbons (Fsp3) is 0.579. The molecule has 0 aromatic heterocycles. The second-order valence-corrected chi connectivity index (χ2v) is 6.57. The molecule has 3 N–H and O–H groups in total. The molecule has 2 rings (SSSR count). The topological polar surface area (TPSA) is 73.5 Å². The lowest BCUT2D eigenvalue weighted by Crippen LogP contribution is -2.33. The fourth-order valence-corrected chi connectivity index (χ4v) is 2.98. The van der Waals surface area contributed by atoms with Gasteiger partial charge in [-0.1, -0.05) is 12.8 Å². The fourth-order valence-electron chi connectivity index (χ4n) is 2.98. The van der Waals surface area contributed by atoms with Crippen molar-refractivity contribution in [2.45, 2.75) is 38.5 Å². The molecule has 0 spiro atoms. The first-order valence-electron chi connectivity index (χ1n) is 9.24. The van der Waals surface area contributed by atoms with E-state index in [1.165, 1.54) is 25.7 Å². The Morgan fingerprint density at radius 1 is 0.920 bits per heavy atom. The van der Waals surface area contributed by atoms with Crippen LogP contribution in [0.15, 0.2) is 24.3 Å². The van der Waals surface area contributed by atoms with Crippen molar-refractivity contribution in [3.05, 3.63) is 24.3 Å². The number of carbonyl (C=O) groups excluding carboxylic acids is 2. The summed E-state index contributed by atoms with van der Waals surface area (Å²) in [6, 6.07) is 7.28. The molecule has 1 aromatic carbocycles. The molecule has 0 saturated carbocycles. The van der Waals surface area contributed by atoms with Crippen molar-refractivity contribution in [1.82, 2.24) is 10.2 Å². The van der Waals surface area contributed by atoms with Crippen LogP contribution in [0.25, 0.3) is 0 Å². The monoisotopic (exact) mass is 346 g/mol. The summed E-state index contributed by atoms with van der Waals surface area (Å²) < 4.78 is 0. The molecule has 6 heteroatoms. The third-order valence-corrected chi connectivity index (χ3v) is 4.35. The standard InChI is InChI=1S/C19H30N4O2/c1-20-12-6-7-18(24)21-16-8-10-17(11-9-16)22-19(25)15-23-13-4-2-3-5-14-23/h8-11,20H,2-7,12-15H2,1H3,(H,21,24)(H,22,25). The maximum Gasteiger partial charge on any atom is 0.238 e. The summed E-state index contributed by atoms with van der Waals surface area (Å²) in [7, 11) is 1.87. The molecule has 0 bridgehead atoms. The molecule has 1 aromatic rings. The lowest BCUT2D eigenvalue weighted by Gasteiger charge is -2.19. The zero-order chi connectivity index (χ0) is 17.9. The molecule has 0 atom stereocenters. The summed E-state index contributed by atoms with van der Waals surface area (Å²) >= 11 is 0. The molecule has 0 radical (unpaired) electrons. The molecule has 1 heterocycles. The predicted molar refractivity (Wildman–Crippen MR) is 102 cm³/mol. The van der Waals surface area contributed by atoms with Crippen LogP contribution in [0, 0.1) is 0 Å². The highest BCUT2D eigenvalue weighted by atomic mass is 16.2. The summed E-state index contributed by atoms with van der Waals surface area (Å²) in [6.07, 6.45) is 6.19. The molecule has 6 nitrogen and oxygen atoms in total. The highest BCUT2D eigenvalue weighted by molar-refractivity contribution is 5.93. The summed E-state index contributed by atoms with van der Waals surface area (Å²) in [4.78, 5) is 26.2. The minimum atomic E-state index is 0.00759. The Kier molecular flexibility index (Phi) is 8.42. The van der Waals surface area contributed by atoms with Gasteiger partial charge in [0, 0.05) is 17.8 Å². The first-order valence-corrected chi connectivity index (χ1v) is 9.24. The van der Waals surface area contributed by atoms with Crippen molar-refractivity contribution in [3.8, 4) is 0 Å². The van der Waals surface area contributed by atoms with Gasteiger partial charge in [-0.25, -0.2) is 0 Å².